The Morgan fingerprint density at radius 1 is 1.37 bits per heavy atom. The van der Waals surface area contributed by atoms with E-state index < -0.39 is 11.7 Å². The molecule has 100 valence electrons. The predicted octanol–water partition coefficient (Wildman–Crippen LogP) is 2.26. The van der Waals surface area contributed by atoms with Gasteiger partial charge in [-0.25, -0.2) is 4.39 Å². The van der Waals surface area contributed by atoms with E-state index in [1.165, 1.54) is 12.1 Å². The lowest BCUT2D eigenvalue weighted by Crippen LogP contribution is -2.27. The van der Waals surface area contributed by atoms with Crippen molar-refractivity contribution in [2.45, 2.75) is 13.8 Å². The minimum atomic E-state index is -0.472. The van der Waals surface area contributed by atoms with Gasteiger partial charge in [-0.3, -0.25) is 4.79 Å². The number of nitrogens with zero attached hydrogens (tertiary/aromatic N) is 2. The molecule has 1 amide bonds. The zero-order chi connectivity index (χ0) is 13.8. The number of benzene rings is 1. The number of aromatic nitrogens is 2. The van der Waals surface area contributed by atoms with Crippen LogP contribution in [0.15, 0.2) is 28.7 Å². The normalized spacial score (nSPS) is 10.7. The molecule has 0 radical (unpaired) electrons. The predicted molar refractivity (Wildman–Crippen MR) is 66.9 cm³/mol. The van der Waals surface area contributed by atoms with Gasteiger partial charge >= 0.3 is 11.8 Å². The molecule has 0 aliphatic heterocycles. The van der Waals surface area contributed by atoms with Gasteiger partial charge in [-0.15, -0.1) is 10.2 Å². The Labute approximate surface area is 109 Å². The third-order valence-corrected chi connectivity index (χ3v) is 2.39. The number of nitrogens with one attached hydrogen (secondary N) is 1. The third-order valence-electron chi connectivity index (χ3n) is 2.39. The van der Waals surface area contributed by atoms with Crippen LogP contribution < -0.4 is 5.32 Å². The van der Waals surface area contributed by atoms with Crippen LogP contribution in [0.3, 0.4) is 0 Å². The first kappa shape index (κ1) is 13.2. The number of rotatable bonds is 4. The van der Waals surface area contributed by atoms with Crippen molar-refractivity contribution in [2.24, 2.45) is 5.92 Å². The molecular weight excluding hydrogens is 249 g/mol. The van der Waals surface area contributed by atoms with Gasteiger partial charge in [0, 0.05) is 6.54 Å². The summed E-state index contributed by atoms with van der Waals surface area (Å²) in [6.07, 6.45) is 0. The maximum Gasteiger partial charge on any atom is 0.308 e. The van der Waals surface area contributed by atoms with Crippen molar-refractivity contribution in [1.29, 1.82) is 0 Å². The van der Waals surface area contributed by atoms with Gasteiger partial charge in [-0.2, -0.15) is 0 Å². The molecule has 0 fully saturated rings. The molecule has 1 heterocycles. The molecule has 0 saturated carbocycles. The first-order valence-corrected chi connectivity index (χ1v) is 5.94. The van der Waals surface area contributed by atoms with E-state index in [1.807, 2.05) is 13.8 Å². The summed E-state index contributed by atoms with van der Waals surface area (Å²) in [6, 6.07) is 6.02. The molecule has 1 aromatic heterocycles. The van der Waals surface area contributed by atoms with Crippen molar-refractivity contribution >= 4 is 5.91 Å². The molecule has 0 unspecified atom stereocenters. The second-order valence-electron chi connectivity index (χ2n) is 4.50. The first-order chi connectivity index (χ1) is 9.08. The number of halogens is 1. The summed E-state index contributed by atoms with van der Waals surface area (Å²) in [4.78, 5) is 11.7. The molecule has 0 atom stereocenters. The highest BCUT2D eigenvalue weighted by Crippen LogP contribution is 2.20. The lowest BCUT2D eigenvalue weighted by molar-refractivity contribution is 0.0915. The van der Waals surface area contributed by atoms with Crippen molar-refractivity contribution < 1.29 is 13.6 Å². The molecule has 19 heavy (non-hydrogen) atoms. The second-order valence-corrected chi connectivity index (χ2v) is 4.50. The largest absolute Gasteiger partial charge is 0.412 e. The van der Waals surface area contributed by atoms with Crippen LogP contribution in [0.25, 0.3) is 11.5 Å². The molecule has 2 aromatic rings. The average molecular weight is 263 g/mol. The van der Waals surface area contributed by atoms with Crippen molar-refractivity contribution in [3.05, 3.63) is 36.0 Å². The Morgan fingerprint density at radius 2 is 2.11 bits per heavy atom. The van der Waals surface area contributed by atoms with Crippen LogP contribution in [0.1, 0.15) is 24.5 Å². The smallest absolute Gasteiger partial charge is 0.308 e. The maximum absolute atomic E-state index is 13.5. The van der Waals surface area contributed by atoms with E-state index in [0.29, 0.717) is 12.5 Å². The van der Waals surface area contributed by atoms with Crippen LogP contribution in [0.5, 0.6) is 0 Å². The van der Waals surface area contributed by atoms with Gasteiger partial charge in [0.05, 0.1) is 5.56 Å². The Kier molecular flexibility index (Phi) is 3.89. The van der Waals surface area contributed by atoms with E-state index in [9.17, 15) is 9.18 Å². The average Bonchev–Trinajstić information content (AvgIpc) is 2.86. The summed E-state index contributed by atoms with van der Waals surface area (Å²) >= 11 is 0. The lowest BCUT2D eigenvalue weighted by atomic mass is 10.2. The number of hydrogen-bond donors (Lipinski definition) is 1. The van der Waals surface area contributed by atoms with Crippen molar-refractivity contribution in [1.82, 2.24) is 15.5 Å². The minimum Gasteiger partial charge on any atom is -0.412 e. The van der Waals surface area contributed by atoms with E-state index in [-0.39, 0.29) is 17.3 Å². The highest BCUT2D eigenvalue weighted by molar-refractivity contribution is 5.89. The van der Waals surface area contributed by atoms with Gasteiger partial charge in [0.2, 0.25) is 0 Å². The van der Waals surface area contributed by atoms with Gasteiger partial charge in [0.15, 0.2) is 0 Å². The van der Waals surface area contributed by atoms with E-state index in [4.69, 9.17) is 4.42 Å². The molecule has 0 saturated heterocycles. The Morgan fingerprint density at radius 3 is 2.79 bits per heavy atom. The number of carbonyl (C=O) groups excluding carboxylic acids is 1. The van der Waals surface area contributed by atoms with Crippen LogP contribution in [0, 0.1) is 11.7 Å². The fraction of sp³-hybridized carbons (Fsp3) is 0.308. The molecule has 0 bridgehead atoms. The molecular formula is C13H14FN3O2. The molecule has 6 heteroatoms. The second kappa shape index (κ2) is 5.60. The Hall–Kier alpha value is -2.24. The van der Waals surface area contributed by atoms with E-state index in [1.54, 1.807) is 12.1 Å². The van der Waals surface area contributed by atoms with Crippen LogP contribution in [-0.4, -0.2) is 22.6 Å². The van der Waals surface area contributed by atoms with Gasteiger partial charge < -0.3 is 9.73 Å². The first-order valence-electron chi connectivity index (χ1n) is 5.94. The summed E-state index contributed by atoms with van der Waals surface area (Å²) < 4.78 is 18.7. The topological polar surface area (TPSA) is 68.0 Å². The number of carbonyl (C=O) groups is 1. The van der Waals surface area contributed by atoms with Gasteiger partial charge in [0.25, 0.3) is 5.89 Å². The fourth-order valence-electron chi connectivity index (χ4n) is 1.43. The summed E-state index contributed by atoms with van der Waals surface area (Å²) in [6.45, 7) is 4.45. The molecule has 0 aliphatic rings. The van der Waals surface area contributed by atoms with Crippen LogP contribution in [-0.2, 0) is 0 Å². The van der Waals surface area contributed by atoms with E-state index >= 15 is 0 Å². The SMILES string of the molecule is CC(C)CNC(=O)c1nnc(-c2ccccc2F)o1. The monoisotopic (exact) mass is 263 g/mol. The summed E-state index contributed by atoms with van der Waals surface area (Å²) in [7, 11) is 0. The molecule has 1 N–H and O–H groups in total. The summed E-state index contributed by atoms with van der Waals surface area (Å²) in [5.41, 5.74) is 0.179. The maximum atomic E-state index is 13.5. The van der Waals surface area contributed by atoms with E-state index in [2.05, 4.69) is 15.5 Å². The standard InChI is InChI=1S/C13H14FN3O2/c1-8(2)7-15-11(18)13-17-16-12(19-13)9-5-3-4-6-10(9)14/h3-6,8H,7H2,1-2H3,(H,15,18). The minimum absolute atomic E-state index is 0.00667. The molecule has 2 rings (SSSR count). The Bertz CT molecular complexity index is 581. The highest BCUT2D eigenvalue weighted by atomic mass is 19.1. The van der Waals surface area contributed by atoms with Crippen LogP contribution in [0.2, 0.25) is 0 Å². The van der Waals surface area contributed by atoms with Gasteiger partial charge in [-0.05, 0) is 18.1 Å². The molecule has 0 spiro atoms. The molecule has 5 nitrogen and oxygen atoms in total. The highest BCUT2D eigenvalue weighted by Gasteiger charge is 2.17. The zero-order valence-corrected chi connectivity index (χ0v) is 10.7. The van der Waals surface area contributed by atoms with Crippen LogP contribution >= 0.6 is 0 Å². The summed E-state index contributed by atoms with van der Waals surface area (Å²) in [5, 5.41) is 9.94. The molecule has 0 aliphatic carbocycles. The van der Waals surface area contributed by atoms with Crippen molar-refractivity contribution in [3.8, 4) is 11.5 Å². The molecule has 1 aromatic carbocycles. The zero-order valence-electron chi connectivity index (χ0n) is 10.7. The summed E-state index contributed by atoms with van der Waals surface area (Å²) in [5.74, 6) is -0.784. The van der Waals surface area contributed by atoms with Crippen LogP contribution in [0.4, 0.5) is 4.39 Å². The number of hydrogen-bond acceptors (Lipinski definition) is 4. The fourth-order valence-corrected chi connectivity index (χ4v) is 1.43. The van der Waals surface area contributed by atoms with E-state index in [0.717, 1.165) is 0 Å². The van der Waals surface area contributed by atoms with Gasteiger partial charge in [0.1, 0.15) is 5.82 Å². The lowest BCUT2D eigenvalue weighted by Gasteiger charge is -2.04. The van der Waals surface area contributed by atoms with Gasteiger partial charge in [-0.1, -0.05) is 26.0 Å². The number of amides is 1. The third kappa shape index (κ3) is 3.15. The quantitative estimate of drug-likeness (QED) is 0.918. The Balaban J connectivity index is 2.15. The van der Waals surface area contributed by atoms with Crippen molar-refractivity contribution in [2.75, 3.05) is 6.54 Å². The van der Waals surface area contributed by atoms with Crippen molar-refractivity contribution in [3.63, 3.8) is 0 Å².